The molecule has 2 aromatic heterocycles. The Hall–Kier alpha value is -7.48. The van der Waals surface area contributed by atoms with Crippen LogP contribution in [0.4, 0.5) is 0 Å². The topological polar surface area (TPSA) is 302 Å². The van der Waals surface area contributed by atoms with Gasteiger partial charge < -0.3 is 50.3 Å². The van der Waals surface area contributed by atoms with Crippen molar-refractivity contribution in [2.75, 3.05) is 53.4 Å². The summed E-state index contributed by atoms with van der Waals surface area (Å²) in [7, 11) is 5.41. The fourth-order valence-electron chi connectivity index (χ4n) is 9.30. The van der Waals surface area contributed by atoms with Gasteiger partial charge in [0.05, 0.1) is 39.0 Å². The maximum absolute atomic E-state index is 15.5. The third-order valence-corrected chi connectivity index (χ3v) is 17.8. The minimum Gasteiger partial charge on any atom is -0.461 e. The van der Waals surface area contributed by atoms with E-state index in [0.29, 0.717) is 22.1 Å². The third kappa shape index (κ3) is 14.5. The van der Waals surface area contributed by atoms with Gasteiger partial charge in [0.2, 0.25) is 35.4 Å². The number of aromatic nitrogens is 4. The maximum Gasteiger partial charge on any atom is 0.329 e. The average molecular weight is 1160 g/mol. The molecule has 4 heterocycles. The molecule has 24 nitrogen and oxygen atoms in total. The van der Waals surface area contributed by atoms with Gasteiger partial charge in [-0.3, -0.25) is 48.3 Å². The Labute approximate surface area is 478 Å². The lowest BCUT2D eigenvalue weighted by atomic mass is 9.89. The van der Waals surface area contributed by atoms with Gasteiger partial charge in [-0.1, -0.05) is 65.8 Å². The van der Waals surface area contributed by atoms with Gasteiger partial charge >= 0.3 is 11.9 Å². The Balaban J connectivity index is 1.47. The lowest BCUT2D eigenvalue weighted by molar-refractivity contribution is -0.161. The summed E-state index contributed by atoms with van der Waals surface area (Å²) in [6.45, 7) is 11.9. The van der Waals surface area contributed by atoms with Crippen LogP contribution in [0.1, 0.15) is 76.4 Å². The van der Waals surface area contributed by atoms with E-state index in [2.05, 4.69) is 41.2 Å². The number of carbonyl (C=O) groups is 10. The molecule has 26 heteroatoms. The van der Waals surface area contributed by atoms with Crippen LogP contribution in [-0.2, 0) is 47.8 Å². The van der Waals surface area contributed by atoms with Crippen molar-refractivity contribution >= 4 is 105 Å². The lowest BCUT2D eigenvalue weighted by Crippen LogP contribution is -2.61. The second-order valence-corrected chi connectivity index (χ2v) is 23.5. The van der Waals surface area contributed by atoms with Crippen LogP contribution in [0.2, 0.25) is 0 Å². The molecule has 11 atom stereocenters. The average Bonchev–Trinajstić information content (AvgIpc) is 3.69. The molecule has 0 saturated carbocycles. The predicted octanol–water partition coefficient (Wildman–Crippen LogP) is 1.91. The van der Waals surface area contributed by atoms with Crippen LogP contribution in [0.5, 0.6) is 0 Å². The Morgan fingerprint density at radius 2 is 0.988 bits per heavy atom. The second kappa shape index (κ2) is 27.3. The minimum absolute atomic E-state index is 0.180. The maximum atomic E-state index is 15.5. The second-order valence-electron chi connectivity index (χ2n) is 21.1. The van der Waals surface area contributed by atoms with Crippen LogP contribution >= 0.6 is 23.5 Å². The van der Waals surface area contributed by atoms with Gasteiger partial charge in [-0.05, 0) is 68.0 Å². The number of benzene rings is 2. The summed E-state index contributed by atoms with van der Waals surface area (Å²) in [5.74, 6) is -10.8. The van der Waals surface area contributed by atoms with E-state index >= 15 is 9.59 Å². The number of ether oxygens (including phenoxy) is 2. The smallest absolute Gasteiger partial charge is 0.329 e. The molecule has 11 unspecified atom stereocenters. The van der Waals surface area contributed by atoms with E-state index < -0.39 is 137 Å². The molecule has 0 spiro atoms. The normalized spacial score (nSPS) is 25.5. The SMILES string of the molecule is CSC1SCC2C(=O)N(C)C(C(C)C(C)C)C(=O)OCC(NC(=O)c3cnc4ccccc4n3)C(=O)NC(C)C(=O)N(C)C1C(=O)N(C)C(C(C)C(C)C)C(=O)OCC(NC(=O)c1cnc3ccccc3n1)C(=O)NC(C)C(=O)N2C. The van der Waals surface area contributed by atoms with Crippen LogP contribution < -0.4 is 21.3 Å². The molecular formula is C55H72N12O12S2. The fourth-order valence-corrected chi connectivity index (χ4v) is 11.9. The van der Waals surface area contributed by atoms with Crippen molar-refractivity contribution in [1.29, 1.82) is 0 Å². The van der Waals surface area contributed by atoms with E-state index in [-0.39, 0.29) is 29.0 Å². The van der Waals surface area contributed by atoms with Crippen molar-refractivity contribution in [3.05, 3.63) is 72.3 Å². The monoisotopic (exact) mass is 1160 g/mol. The Bertz CT molecular complexity index is 3040. The van der Waals surface area contributed by atoms with Crippen LogP contribution in [0.25, 0.3) is 22.1 Å². The van der Waals surface area contributed by atoms with E-state index in [1.54, 1.807) is 68.6 Å². The Morgan fingerprint density at radius 1 is 0.593 bits per heavy atom. The summed E-state index contributed by atoms with van der Waals surface area (Å²) in [6, 6.07) is 1.74. The van der Waals surface area contributed by atoms with E-state index in [9.17, 15) is 38.4 Å². The first kappa shape index (κ1) is 62.7. The van der Waals surface area contributed by atoms with Gasteiger partial charge in [0.15, 0.2) is 0 Å². The molecule has 0 radical (unpaired) electrons. The standard InChI is InChI=1S/C55H72N12O12S2/c1-27(2)29(5)42-53(76)78-24-40(63-46(69)38-23-57-34-19-15-17-21-36(34)61-38)48(71)59-32(8)50(73)67(12)44-52(75)66(11)43(30(6)28(3)4)54(77)79-25-39(62-45(68)37-22-56-33-18-14-16-20-35(33)60-37)47(70)58-31(7)49(72)64(9)41(51(74)65(42)10)26-81-55(44)80-13/h14-23,27-32,39-44,55H,24-26H2,1-13H3,(H,58,70)(H,59,71)(H,62,68)(H,63,69). The summed E-state index contributed by atoms with van der Waals surface area (Å²) in [5, 5.41) is 10.4. The molecule has 4 N–H and O–H groups in total. The summed E-state index contributed by atoms with van der Waals surface area (Å²) < 4.78 is 10.8. The zero-order valence-electron chi connectivity index (χ0n) is 47.7. The van der Waals surface area contributed by atoms with Crippen molar-refractivity contribution in [3.63, 3.8) is 0 Å². The number of esters is 2. The lowest BCUT2D eigenvalue weighted by Gasteiger charge is -2.40. The number of nitrogens with zero attached hydrogens (tertiary/aromatic N) is 8. The number of rotatable bonds is 9. The van der Waals surface area contributed by atoms with Crippen molar-refractivity contribution in [3.8, 4) is 0 Å². The molecular weight excluding hydrogens is 1080 g/mol. The molecule has 6 rings (SSSR count). The molecule has 81 heavy (non-hydrogen) atoms. The summed E-state index contributed by atoms with van der Waals surface area (Å²) in [4.78, 5) is 168. The number of likely N-dealkylation sites (N-methyl/N-ethyl adjacent to an activating group) is 4. The molecule has 2 aromatic carbocycles. The number of cyclic esters (lactones) is 2. The molecule has 436 valence electrons. The number of nitrogens with one attached hydrogen (secondary N) is 4. The molecule has 2 saturated heterocycles. The van der Waals surface area contributed by atoms with Gasteiger partial charge in [-0.15, -0.1) is 23.5 Å². The van der Waals surface area contributed by atoms with Crippen molar-refractivity contribution in [2.45, 2.75) is 108 Å². The number of para-hydroxylation sites is 4. The number of hydrogen-bond acceptors (Lipinski definition) is 18. The summed E-state index contributed by atoms with van der Waals surface area (Å²) in [6.07, 6.45) is 4.09. The van der Waals surface area contributed by atoms with E-state index in [1.807, 2.05) is 27.7 Å². The molecule has 4 aromatic rings. The van der Waals surface area contributed by atoms with Crippen LogP contribution in [0.15, 0.2) is 60.9 Å². The van der Waals surface area contributed by atoms with Crippen LogP contribution in [0, 0.1) is 23.7 Å². The van der Waals surface area contributed by atoms with Gasteiger partial charge in [0.1, 0.15) is 72.9 Å². The highest BCUT2D eigenvalue weighted by Gasteiger charge is 2.46. The number of hydrogen-bond donors (Lipinski definition) is 4. The van der Waals surface area contributed by atoms with Gasteiger partial charge in [-0.25, -0.2) is 19.6 Å². The van der Waals surface area contributed by atoms with E-state index in [1.165, 1.54) is 54.4 Å². The number of carbonyl (C=O) groups excluding carboxylic acids is 10. The quantitative estimate of drug-likeness (QED) is 0.174. The molecule has 8 amide bonds. The Kier molecular flexibility index (Phi) is 21.2. The van der Waals surface area contributed by atoms with Crippen LogP contribution in [-0.4, -0.2) is 205 Å². The predicted molar refractivity (Wildman–Crippen MR) is 303 cm³/mol. The van der Waals surface area contributed by atoms with E-state index in [4.69, 9.17) is 9.47 Å². The van der Waals surface area contributed by atoms with Crippen molar-refractivity contribution in [2.24, 2.45) is 23.7 Å². The Morgan fingerprint density at radius 3 is 1.40 bits per heavy atom. The van der Waals surface area contributed by atoms with Gasteiger partial charge in [-0.2, -0.15) is 0 Å². The highest BCUT2D eigenvalue weighted by Crippen LogP contribution is 2.33. The number of fused-ring (bicyclic) bond motifs is 6. The summed E-state index contributed by atoms with van der Waals surface area (Å²) >= 11 is 2.18. The zero-order chi connectivity index (χ0) is 59.7. The van der Waals surface area contributed by atoms with Crippen LogP contribution in [0.3, 0.4) is 0 Å². The van der Waals surface area contributed by atoms with Gasteiger partial charge in [0, 0.05) is 33.9 Å². The molecule has 2 bridgehead atoms. The molecule has 2 aliphatic rings. The third-order valence-electron chi connectivity index (χ3n) is 15.0. The van der Waals surface area contributed by atoms with Crippen molar-refractivity contribution < 1.29 is 57.4 Å². The first-order chi connectivity index (χ1) is 38.3. The van der Waals surface area contributed by atoms with E-state index in [0.717, 1.165) is 43.1 Å². The largest absolute Gasteiger partial charge is 0.461 e. The highest BCUT2D eigenvalue weighted by molar-refractivity contribution is 8.16. The fraction of sp³-hybridized carbons (Fsp3) is 0.527. The minimum atomic E-state index is -1.67. The van der Waals surface area contributed by atoms with Gasteiger partial charge in [0.25, 0.3) is 11.8 Å². The van der Waals surface area contributed by atoms with Crippen molar-refractivity contribution in [1.82, 2.24) is 60.8 Å². The first-order valence-corrected chi connectivity index (χ1v) is 28.8. The highest BCUT2D eigenvalue weighted by atomic mass is 32.2. The molecule has 0 aliphatic carbocycles. The molecule has 2 fully saturated rings. The first-order valence-electron chi connectivity index (χ1n) is 26.5. The molecule has 2 aliphatic heterocycles. The zero-order valence-corrected chi connectivity index (χ0v) is 49.3. The summed E-state index contributed by atoms with van der Waals surface area (Å²) in [5.41, 5.74) is 1.39. The number of amides is 8. The number of thioether (sulfide) groups is 2.